The maximum Gasteiger partial charge on any atom is 0.488 e. The van der Waals surface area contributed by atoms with Crippen molar-refractivity contribution in [3.8, 4) is 78.3 Å². The fourth-order valence-corrected chi connectivity index (χ4v) is 12.4. The minimum atomic E-state index is -1.46. The molecule has 4 aromatic heterocycles. The van der Waals surface area contributed by atoms with E-state index in [1.54, 1.807) is 18.5 Å². The molecule has 0 aliphatic carbocycles. The zero-order valence-electron chi connectivity index (χ0n) is 41.9. The van der Waals surface area contributed by atoms with Crippen LogP contribution in [0.15, 0.2) is 267 Å². The molecule has 78 heavy (non-hydrogen) atoms. The minimum absolute atomic E-state index is 0.467. The number of hydrogen-bond donors (Lipinski definition) is 2. The van der Waals surface area contributed by atoms with Crippen molar-refractivity contribution < 1.29 is 10.0 Å². The monoisotopic (exact) mass is 1060 g/mol. The Morgan fingerprint density at radius 3 is 1.19 bits per heavy atom. The molecule has 0 radical (unpaired) electrons. The first-order valence-electron chi connectivity index (χ1n) is 25.4. The van der Waals surface area contributed by atoms with Crippen LogP contribution >= 0.6 is 34.3 Å². The lowest BCUT2D eigenvalue weighted by Crippen LogP contribution is -2.29. The lowest BCUT2D eigenvalue weighted by molar-refractivity contribution is 0.426. The molecule has 372 valence electrons. The molecular weight excluding hydrogens is 1020 g/mol. The van der Waals surface area contributed by atoms with Crippen LogP contribution in [0.3, 0.4) is 0 Å². The van der Waals surface area contributed by atoms with Crippen LogP contribution in [0.5, 0.6) is 0 Å². The molecule has 0 aliphatic heterocycles. The number of hydrogen-bond acceptors (Lipinski definition) is 8. The number of rotatable bonds is 8. The molecule has 0 saturated heterocycles. The van der Waals surface area contributed by atoms with Crippen molar-refractivity contribution >= 4 is 87.2 Å². The highest BCUT2D eigenvalue weighted by Gasteiger charge is 2.15. The van der Waals surface area contributed by atoms with Gasteiger partial charge in [-0.15, -0.1) is 22.7 Å². The highest BCUT2D eigenvalue weighted by molar-refractivity contribution is 7.26. The SMILES string of the molecule is Clc1cc(-c2ccccc2)ncn1.OB(O)c1cccc(-c2cccc(-c3cccc4c3sc3ccccc34)c2)c1.c1ccc(-c2cc(-c3cccc(-c4cccc(-c5cccc6c5sc5ccccc56)c4)c3)ncn2)cc1. The van der Waals surface area contributed by atoms with Crippen molar-refractivity contribution in [2.24, 2.45) is 0 Å². The van der Waals surface area contributed by atoms with Crippen molar-refractivity contribution in [3.63, 3.8) is 0 Å². The molecule has 0 amide bonds. The van der Waals surface area contributed by atoms with Crippen LogP contribution in [0.2, 0.25) is 5.15 Å². The highest BCUT2D eigenvalue weighted by atomic mass is 35.5. The van der Waals surface area contributed by atoms with Crippen molar-refractivity contribution in [1.82, 2.24) is 19.9 Å². The second-order valence-electron chi connectivity index (χ2n) is 18.5. The molecule has 0 aliphatic rings. The molecule has 4 heterocycles. The summed E-state index contributed by atoms with van der Waals surface area (Å²) in [6.45, 7) is 0. The van der Waals surface area contributed by atoms with Gasteiger partial charge in [0.25, 0.3) is 0 Å². The summed E-state index contributed by atoms with van der Waals surface area (Å²) in [7, 11) is -1.46. The average Bonchev–Trinajstić information content (AvgIpc) is 4.21. The van der Waals surface area contributed by atoms with E-state index in [2.05, 4.69) is 196 Å². The summed E-state index contributed by atoms with van der Waals surface area (Å²) in [5.41, 5.74) is 15.7. The second kappa shape index (κ2) is 22.7. The molecule has 14 aromatic rings. The Kier molecular flexibility index (Phi) is 14.5. The predicted octanol–water partition coefficient (Wildman–Crippen LogP) is 17.4. The first-order chi connectivity index (χ1) is 38.4. The number of benzene rings is 10. The van der Waals surface area contributed by atoms with Crippen molar-refractivity contribution in [2.75, 3.05) is 0 Å². The van der Waals surface area contributed by atoms with Gasteiger partial charge >= 0.3 is 7.12 Å². The van der Waals surface area contributed by atoms with Gasteiger partial charge in [0, 0.05) is 63.1 Å². The van der Waals surface area contributed by atoms with E-state index in [1.165, 1.54) is 74.5 Å². The van der Waals surface area contributed by atoms with Gasteiger partial charge in [0.2, 0.25) is 0 Å². The van der Waals surface area contributed by atoms with Crippen LogP contribution in [0.1, 0.15) is 0 Å². The van der Waals surface area contributed by atoms with Gasteiger partial charge in [0.15, 0.2) is 0 Å². The largest absolute Gasteiger partial charge is 0.488 e. The van der Waals surface area contributed by atoms with Crippen molar-refractivity contribution in [2.45, 2.75) is 0 Å². The van der Waals surface area contributed by atoms with Crippen LogP contribution in [0.25, 0.3) is 119 Å². The normalized spacial score (nSPS) is 11.0. The van der Waals surface area contributed by atoms with E-state index < -0.39 is 7.12 Å². The minimum Gasteiger partial charge on any atom is -0.423 e. The summed E-state index contributed by atoms with van der Waals surface area (Å²) in [6, 6.07) is 87.5. The van der Waals surface area contributed by atoms with E-state index in [4.69, 9.17) is 11.6 Å². The molecule has 2 N–H and O–H groups in total. The zero-order valence-corrected chi connectivity index (χ0v) is 44.2. The molecule has 6 nitrogen and oxygen atoms in total. The Morgan fingerprint density at radius 1 is 0.308 bits per heavy atom. The molecule has 0 spiro atoms. The van der Waals surface area contributed by atoms with Crippen molar-refractivity contribution in [3.05, 3.63) is 273 Å². The van der Waals surface area contributed by atoms with Gasteiger partial charge in [-0.25, -0.2) is 19.9 Å². The zero-order chi connectivity index (χ0) is 52.8. The van der Waals surface area contributed by atoms with Gasteiger partial charge in [-0.05, 0) is 86.4 Å². The summed E-state index contributed by atoms with van der Waals surface area (Å²) in [6.07, 6.45) is 3.11. The highest BCUT2D eigenvalue weighted by Crippen LogP contribution is 2.42. The first kappa shape index (κ1) is 49.9. The van der Waals surface area contributed by atoms with Gasteiger partial charge in [-0.1, -0.05) is 224 Å². The van der Waals surface area contributed by atoms with Crippen LogP contribution in [-0.4, -0.2) is 37.1 Å². The molecule has 0 bridgehead atoms. The van der Waals surface area contributed by atoms with E-state index in [0.717, 1.165) is 50.5 Å². The van der Waals surface area contributed by atoms with E-state index >= 15 is 0 Å². The van der Waals surface area contributed by atoms with Gasteiger partial charge < -0.3 is 10.0 Å². The maximum absolute atomic E-state index is 9.47. The van der Waals surface area contributed by atoms with Crippen LogP contribution in [0.4, 0.5) is 0 Å². The third-order valence-electron chi connectivity index (χ3n) is 13.6. The standard InChI is InChI=1S/C34H22N2S.C24H17BO2S.C10H7ClN2/c1-2-9-23(10-3-1)31-21-32(36-22-35-31)27-14-7-12-25(20-27)24-11-6-13-26(19-24)28-16-8-17-30-29-15-4-5-18-33(29)37-34(28)30;26-25(27)19-9-4-7-17(15-19)16-6-3-8-18(14-16)20-11-5-12-22-21-10-1-2-13-23(21)28-24(20)22;11-10-6-9(12-7-13-10)8-4-2-1-3-5-8/h1-22H;1-15,26-27H;1-7H. The molecule has 0 atom stereocenters. The van der Waals surface area contributed by atoms with E-state index in [0.29, 0.717) is 10.6 Å². The van der Waals surface area contributed by atoms with Gasteiger partial charge in [-0.3, -0.25) is 0 Å². The lowest BCUT2D eigenvalue weighted by Gasteiger charge is -2.09. The summed E-state index contributed by atoms with van der Waals surface area (Å²) < 4.78 is 5.25. The number of fused-ring (bicyclic) bond motifs is 6. The van der Waals surface area contributed by atoms with E-state index in [-0.39, 0.29) is 0 Å². The summed E-state index contributed by atoms with van der Waals surface area (Å²) in [5.74, 6) is 0. The first-order valence-corrected chi connectivity index (χ1v) is 27.4. The number of aromatic nitrogens is 4. The summed E-state index contributed by atoms with van der Waals surface area (Å²) >= 11 is 9.44. The van der Waals surface area contributed by atoms with Gasteiger partial charge in [0.1, 0.15) is 17.8 Å². The van der Waals surface area contributed by atoms with Gasteiger partial charge in [-0.2, -0.15) is 0 Å². The second-order valence-corrected chi connectivity index (χ2v) is 21.0. The Hall–Kier alpha value is -8.93. The van der Waals surface area contributed by atoms with E-state index in [9.17, 15) is 10.0 Å². The third-order valence-corrected chi connectivity index (χ3v) is 16.3. The van der Waals surface area contributed by atoms with Gasteiger partial charge in [0.05, 0.1) is 17.1 Å². The number of halogens is 1. The quantitative estimate of drug-likeness (QED) is 0.116. The Balaban J connectivity index is 0.000000130. The fourth-order valence-electron chi connectivity index (χ4n) is 9.80. The fraction of sp³-hybridized carbons (Fsp3) is 0. The molecular formula is C68H46BClN4O2S2. The predicted molar refractivity (Wildman–Crippen MR) is 329 cm³/mol. The Morgan fingerprint density at radius 2 is 0.679 bits per heavy atom. The molecule has 10 heteroatoms. The van der Waals surface area contributed by atoms with Crippen molar-refractivity contribution in [1.29, 1.82) is 0 Å². The molecule has 14 rings (SSSR count). The summed E-state index contributed by atoms with van der Waals surface area (Å²) in [5, 5.41) is 24.6. The molecule has 0 unspecified atom stereocenters. The van der Waals surface area contributed by atoms with Crippen LogP contribution < -0.4 is 5.46 Å². The smallest absolute Gasteiger partial charge is 0.423 e. The Labute approximate surface area is 465 Å². The topological polar surface area (TPSA) is 92.0 Å². The summed E-state index contributed by atoms with van der Waals surface area (Å²) in [4.78, 5) is 17.0. The molecule has 0 fully saturated rings. The average molecular weight is 1060 g/mol. The Bertz CT molecular complexity index is 4420. The molecule has 0 saturated carbocycles. The maximum atomic E-state index is 9.47. The third kappa shape index (κ3) is 10.7. The van der Waals surface area contributed by atoms with Crippen LogP contribution in [-0.2, 0) is 0 Å². The number of thiophene rings is 2. The number of nitrogens with zero attached hydrogens (tertiary/aromatic N) is 4. The lowest BCUT2D eigenvalue weighted by atomic mass is 9.79. The van der Waals surface area contributed by atoms with E-state index in [1.807, 2.05) is 89.4 Å². The van der Waals surface area contributed by atoms with Crippen LogP contribution in [0, 0.1) is 0 Å². The molecule has 10 aromatic carbocycles.